The number of nitrogens with one attached hydrogen (secondary N) is 2. The summed E-state index contributed by atoms with van der Waals surface area (Å²) in [5, 5.41) is 10.1. The molecule has 122 valence electrons. The molecule has 0 saturated carbocycles. The molecule has 8 heteroatoms. The number of sulfonamides is 1. The van der Waals surface area contributed by atoms with Crippen LogP contribution in [0.2, 0.25) is 0 Å². The van der Waals surface area contributed by atoms with Gasteiger partial charge in [-0.1, -0.05) is 18.2 Å². The highest BCUT2D eigenvalue weighted by Crippen LogP contribution is 2.12. The molecular formula is C15H16FN3O3S. The van der Waals surface area contributed by atoms with Gasteiger partial charge in [0.05, 0.1) is 4.90 Å². The van der Waals surface area contributed by atoms with Crippen LogP contribution in [0.15, 0.2) is 53.4 Å². The molecule has 0 unspecified atom stereocenters. The average molecular weight is 337 g/mol. The minimum Gasteiger partial charge on any atom is -0.338 e. The number of carbonyl (C=O) groups excluding carboxylic acids is 1. The molecule has 2 aromatic carbocycles. The zero-order valence-electron chi connectivity index (χ0n) is 12.1. The molecule has 0 aliphatic rings. The van der Waals surface area contributed by atoms with Crippen LogP contribution in [-0.4, -0.2) is 21.0 Å². The number of hydrogen-bond acceptors (Lipinski definition) is 3. The lowest BCUT2D eigenvalue weighted by Crippen LogP contribution is -2.30. The predicted molar refractivity (Wildman–Crippen MR) is 84.9 cm³/mol. The van der Waals surface area contributed by atoms with E-state index in [-0.39, 0.29) is 17.3 Å². The number of rotatable bonds is 5. The molecule has 0 fully saturated rings. The van der Waals surface area contributed by atoms with E-state index in [0.29, 0.717) is 17.7 Å². The van der Waals surface area contributed by atoms with E-state index in [1.807, 2.05) is 0 Å². The fourth-order valence-corrected chi connectivity index (χ4v) is 2.43. The van der Waals surface area contributed by atoms with Crippen LogP contribution in [0, 0.1) is 5.82 Å². The predicted octanol–water partition coefficient (Wildman–Crippen LogP) is 1.84. The molecule has 0 aliphatic heterocycles. The van der Waals surface area contributed by atoms with E-state index in [1.165, 1.54) is 30.3 Å². The van der Waals surface area contributed by atoms with Crippen molar-refractivity contribution in [2.75, 3.05) is 11.9 Å². The van der Waals surface area contributed by atoms with E-state index in [9.17, 15) is 17.6 Å². The summed E-state index contributed by atoms with van der Waals surface area (Å²) in [5.41, 5.74) is 0.936. The summed E-state index contributed by atoms with van der Waals surface area (Å²) in [6, 6.07) is 11.3. The Kier molecular flexibility index (Phi) is 5.30. The number of urea groups is 1. The zero-order valence-corrected chi connectivity index (χ0v) is 12.9. The van der Waals surface area contributed by atoms with Crippen molar-refractivity contribution >= 4 is 21.7 Å². The second-order valence-electron chi connectivity index (χ2n) is 4.79. The average Bonchev–Trinajstić information content (AvgIpc) is 2.49. The van der Waals surface area contributed by atoms with Crippen molar-refractivity contribution in [1.82, 2.24) is 5.32 Å². The Balaban J connectivity index is 1.84. The highest BCUT2D eigenvalue weighted by molar-refractivity contribution is 7.89. The van der Waals surface area contributed by atoms with Crippen LogP contribution in [0.4, 0.5) is 14.9 Å². The van der Waals surface area contributed by atoms with Gasteiger partial charge in [-0.25, -0.2) is 22.7 Å². The van der Waals surface area contributed by atoms with Crippen LogP contribution in [0.25, 0.3) is 0 Å². The first-order chi connectivity index (χ1) is 10.9. The second kappa shape index (κ2) is 7.21. The van der Waals surface area contributed by atoms with Gasteiger partial charge in [0.15, 0.2) is 0 Å². The molecule has 0 aliphatic carbocycles. The molecule has 2 amide bonds. The van der Waals surface area contributed by atoms with Crippen molar-refractivity contribution in [3.8, 4) is 0 Å². The largest absolute Gasteiger partial charge is 0.338 e. The van der Waals surface area contributed by atoms with E-state index < -0.39 is 16.1 Å². The highest BCUT2D eigenvalue weighted by atomic mass is 32.2. The van der Waals surface area contributed by atoms with Gasteiger partial charge in [-0.2, -0.15) is 0 Å². The summed E-state index contributed by atoms with van der Waals surface area (Å²) in [6.07, 6.45) is 0.366. The van der Waals surface area contributed by atoms with Gasteiger partial charge in [-0.15, -0.1) is 0 Å². The molecule has 2 aromatic rings. The Labute approximate surface area is 133 Å². The minimum atomic E-state index is -3.76. The molecule has 0 saturated heterocycles. The van der Waals surface area contributed by atoms with Gasteiger partial charge < -0.3 is 10.6 Å². The fraction of sp³-hybridized carbons (Fsp3) is 0.133. The van der Waals surface area contributed by atoms with Gasteiger partial charge in [-0.05, 0) is 42.3 Å². The lowest BCUT2D eigenvalue weighted by atomic mass is 10.1. The molecule has 0 bridgehead atoms. The van der Waals surface area contributed by atoms with Gasteiger partial charge in [0.2, 0.25) is 10.0 Å². The Morgan fingerprint density at radius 1 is 1.09 bits per heavy atom. The van der Waals surface area contributed by atoms with Crippen LogP contribution >= 0.6 is 0 Å². The number of carbonyl (C=O) groups is 1. The highest BCUT2D eigenvalue weighted by Gasteiger charge is 2.08. The first kappa shape index (κ1) is 16.9. The molecule has 23 heavy (non-hydrogen) atoms. The summed E-state index contributed by atoms with van der Waals surface area (Å²) in [4.78, 5) is 11.7. The topological polar surface area (TPSA) is 101 Å². The number of primary sulfonamides is 1. The van der Waals surface area contributed by atoms with Crippen LogP contribution < -0.4 is 15.8 Å². The molecule has 0 spiro atoms. The summed E-state index contributed by atoms with van der Waals surface area (Å²) >= 11 is 0. The van der Waals surface area contributed by atoms with Crippen LogP contribution in [0.5, 0.6) is 0 Å². The molecule has 0 heterocycles. The van der Waals surface area contributed by atoms with Crippen molar-refractivity contribution in [2.45, 2.75) is 11.3 Å². The monoisotopic (exact) mass is 337 g/mol. The molecule has 4 N–H and O–H groups in total. The third kappa shape index (κ3) is 5.04. The maximum atomic E-state index is 13.4. The number of anilines is 1. The SMILES string of the molecule is NS(=O)(=O)c1ccc(NC(=O)NCCc2ccccc2F)cc1. The summed E-state index contributed by atoms with van der Waals surface area (Å²) in [5.74, 6) is -0.312. The number of halogens is 1. The summed E-state index contributed by atoms with van der Waals surface area (Å²) in [6.45, 7) is 0.266. The van der Waals surface area contributed by atoms with E-state index in [1.54, 1.807) is 18.2 Å². The molecule has 0 radical (unpaired) electrons. The second-order valence-corrected chi connectivity index (χ2v) is 6.35. The Morgan fingerprint density at radius 3 is 2.35 bits per heavy atom. The molecule has 6 nitrogen and oxygen atoms in total. The normalized spacial score (nSPS) is 11.0. The van der Waals surface area contributed by atoms with Gasteiger partial charge in [-0.3, -0.25) is 0 Å². The Bertz CT molecular complexity index is 792. The standard InChI is InChI=1S/C15H16FN3O3S/c16-14-4-2-1-3-11(14)9-10-18-15(20)19-12-5-7-13(8-6-12)23(17,21)22/h1-8H,9-10H2,(H2,17,21,22)(H2,18,19,20). The van der Waals surface area contributed by atoms with Gasteiger partial charge in [0.25, 0.3) is 0 Å². The molecular weight excluding hydrogens is 321 g/mol. The van der Waals surface area contributed by atoms with Crippen molar-refractivity contribution in [1.29, 1.82) is 0 Å². The maximum Gasteiger partial charge on any atom is 0.319 e. The lowest BCUT2D eigenvalue weighted by molar-refractivity contribution is 0.252. The number of nitrogens with two attached hydrogens (primary N) is 1. The Morgan fingerprint density at radius 2 is 1.74 bits per heavy atom. The van der Waals surface area contributed by atoms with Gasteiger partial charge in [0.1, 0.15) is 5.82 Å². The van der Waals surface area contributed by atoms with Crippen molar-refractivity contribution < 1.29 is 17.6 Å². The summed E-state index contributed by atoms with van der Waals surface area (Å²) < 4.78 is 35.6. The molecule has 0 atom stereocenters. The molecule has 2 rings (SSSR count). The van der Waals surface area contributed by atoms with Crippen LogP contribution in [0.3, 0.4) is 0 Å². The van der Waals surface area contributed by atoms with Crippen molar-refractivity contribution in [2.24, 2.45) is 5.14 Å². The van der Waals surface area contributed by atoms with Crippen LogP contribution in [0.1, 0.15) is 5.56 Å². The smallest absolute Gasteiger partial charge is 0.319 e. The number of hydrogen-bond donors (Lipinski definition) is 3. The zero-order chi connectivity index (χ0) is 16.9. The third-order valence-corrected chi connectivity index (χ3v) is 4.01. The van der Waals surface area contributed by atoms with E-state index in [2.05, 4.69) is 10.6 Å². The first-order valence-electron chi connectivity index (χ1n) is 6.77. The van der Waals surface area contributed by atoms with Crippen molar-refractivity contribution in [3.63, 3.8) is 0 Å². The fourth-order valence-electron chi connectivity index (χ4n) is 1.92. The van der Waals surface area contributed by atoms with Gasteiger partial charge in [0, 0.05) is 12.2 Å². The summed E-state index contributed by atoms with van der Waals surface area (Å²) in [7, 11) is -3.76. The van der Waals surface area contributed by atoms with Crippen molar-refractivity contribution in [3.05, 3.63) is 59.9 Å². The first-order valence-corrected chi connectivity index (χ1v) is 8.32. The van der Waals surface area contributed by atoms with Crippen LogP contribution in [-0.2, 0) is 16.4 Å². The van der Waals surface area contributed by atoms with E-state index in [4.69, 9.17) is 5.14 Å². The molecule has 0 aromatic heterocycles. The number of benzene rings is 2. The van der Waals surface area contributed by atoms with Gasteiger partial charge >= 0.3 is 6.03 Å². The quantitative estimate of drug-likeness (QED) is 0.776. The van der Waals surface area contributed by atoms with E-state index >= 15 is 0 Å². The Hall–Kier alpha value is -2.45. The lowest BCUT2D eigenvalue weighted by Gasteiger charge is -2.08. The number of amides is 2. The third-order valence-electron chi connectivity index (χ3n) is 3.08. The van der Waals surface area contributed by atoms with E-state index in [0.717, 1.165) is 0 Å². The minimum absolute atomic E-state index is 0.0389. The maximum absolute atomic E-state index is 13.4.